The summed E-state index contributed by atoms with van der Waals surface area (Å²) >= 11 is 1.72. The molecule has 0 aliphatic heterocycles. The molecular weight excluding hydrogens is 306 g/mol. The molecule has 2 N–H and O–H groups in total. The van der Waals surface area contributed by atoms with Crippen LogP contribution in [0.3, 0.4) is 0 Å². The van der Waals surface area contributed by atoms with Gasteiger partial charge in [0.25, 0.3) is 0 Å². The third-order valence-electron chi connectivity index (χ3n) is 3.18. The van der Waals surface area contributed by atoms with Gasteiger partial charge in [0.1, 0.15) is 0 Å². The second-order valence-electron chi connectivity index (χ2n) is 5.05. The number of amides is 1. The van der Waals surface area contributed by atoms with Crippen molar-refractivity contribution in [3.63, 3.8) is 0 Å². The molecule has 2 rings (SSSR count). The first-order valence-corrected chi connectivity index (χ1v) is 8.36. The van der Waals surface area contributed by atoms with Gasteiger partial charge < -0.3 is 10.6 Å². The first-order chi connectivity index (χ1) is 11.2. The second-order valence-corrected chi connectivity index (χ2v) is 6.22. The van der Waals surface area contributed by atoms with Crippen LogP contribution in [0.5, 0.6) is 0 Å². The van der Waals surface area contributed by atoms with Gasteiger partial charge in [-0.25, -0.2) is 0 Å². The van der Waals surface area contributed by atoms with Crippen LogP contribution in [0.2, 0.25) is 0 Å². The van der Waals surface area contributed by atoms with E-state index < -0.39 is 0 Å². The average Bonchev–Trinajstić information content (AvgIpc) is 2.59. The summed E-state index contributed by atoms with van der Waals surface area (Å²) in [5.41, 5.74) is 2.68. The molecule has 5 heteroatoms. The van der Waals surface area contributed by atoms with Crippen LogP contribution < -0.4 is 10.6 Å². The van der Waals surface area contributed by atoms with E-state index in [-0.39, 0.29) is 12.5 Å². The molecule has 2 aromatic rings. The van der Waals surface area contributed by atoms with Crippen molar-refractivity contribution >= 4 is 23.4 Å². The van der Waals surface area contributed by atoms with Crippen molar-refractivity contribution < 1.29 is 4.79 Å². The van der Waals surface area contributed by atoms with E-state index in [1.807, 2.05) is 0 Å². The zero-order valence-electron chi connectivity index (χ0n) is 13.0. The molecule has 0 bridgehead atoms. The van der Waals surface area contributed by atoms with Gasteiger partial charge in [-0.2, -0.15) is 5.26 Å². The minimum absolute atomic E-state index is 0.0427. The highest BCUT2D eigenvalue weighted by Crippen LogP contribution is 2.17. The predicted molar refractivity (Wildman–Crippen MR) is 94.6 cm³/mol. The van der Waals surface area contributed by atoms with Crippen molar-refractivity contribution in [3.8, 4) is 6.07 Å². The quantitative estimate of drug-likeness (QED) is 0.606. The van der Waals surface area contributed by atoms with Gasteiger partial charge in [0.05, 0.1) is 18.2 Å². The number of rotatable bonds is 7. The summed E-state index contributed by atoms with van der Waals surface area (Å²) in [6.45, 7) is 2.92. The largest absolute Gasteiger partial charge is 0.376 e. The summed E-state index contributed by atoms with van der Waals surface area (Å²) < 4.78 is 0. The zero-order valence-corrected chi connectivity index (χ0v) is 13.8. The third-order valence-corrected chi connectivity index (χ3v) is 4.19. The van der Waals surface area contributed by atoms with Crippen molar-refractivity contribution in [1.29, 1.82) is 5.26 Å². The van der Waals surface area contributed by atoms with Crippen LogP contribution in [-0.2, 0) is 4.79 Å². The third kappa shape index (κ3) is 6.05. The molecule has 0 heterocycles. The molecule has 0 saturated heterocycles. The maximum atomic E-state index is 11.8. The second kappa shape index (κ2) is 8.86. The van der Waals surface area contributed by atoms with Crippen LogP contribution in [0.1, 0.15) is 11.1 Å². The van der Waals surface area contributed by atoms with E-state index in [0.717, 1.165) is 11.4 Å². The Labute approximate surface area is 140 Å². The van der Waals surface area contributed by atoms with Crippen molar-refractivity contribution in [3.05, 3.63) is 59.7 Å². The minimum atomic E-state index is -0.0427. The molecule has 2 aromatic carbocycles. The Morgan fingerprint density at radius 3 is 2.48 bits per heavy atom. The Morgan fingerprint density at radius 2 is 1.83 bits per heavy atom. The normalized spacial score (nSPS) is 9.91. The molecule has 0 aromatic heterocycles. The summed E-state index contributed by atoms with van der Waals surface area (Å²) in [6.07, 6.45) is 0. The lowest BCUT2D eigenvalue weighted by molar-refractivity contribution is -0.119. The molecule has 0 aliphatic carbocycles. The molecule has 0 spiro atoms. The smallest absolute Gasteiger partial charge is 0.239 e. The molecule has 23 heavy (non-hydrogen) atoms. The number of nitriles is 1. The topological polar surface area (TPSA) is 64.9 Å². The van der Waals surface area contributed by atoms with Crippen LogP contribution in [0.4, 0.5) is 5.69 Å². The number of hydrogen-bond donors (Lipinski definition) is 2. The van der Waals surface area contributed by atoms with Gasteiger partial charge in [-0.1, -0.05) is 17.7 Å². The number of anilines is 1. The van der Waals surface area contributed by atoms with Gasteiger partial charge in [-0.3, -0.25) is 4.79 Å². The SMILES string of the molecule is Cc1ccc(SCCNC(=O)CNc2ccc(C#N)cc2)cc1. The van der Waals surface area contributed by atoms with Crippen molar-refractivity contribution in [2.45, 2.75) is 11.8 Å². The van der Waals surface area contributed by atoms with E-state index in [1.165, 1.54) is 10.5 Å². The lowest BCUT2D eigenvalue weighted by atomic mass is 10.2. The summed E-state index contributed by atoms with van der Waals surface area (Å²) in [4.78, 5) is 13.0. The van der Waals surface area contributed by atoms with E-state index in [1.54, 1.807) is 36.0 Å². The first-order valence-electron chi connectivity index (χ1n) is 7.37. The van der Waals surface area contributed by atoms with Crippen LogP contribution in [0.25, 0.3) is 0 Å². The highest BCUT2D eigenvalue weighted by atomic mass is 32.2. The van der Waals surface area contributed by atoms with Gasteiger partial charge >= 0.3 is 0 Å². The van der Waals surface area contributed by atoms with Gasteiger partial charge in [0.2, 0.25) is 5.91 Å². The van der Waals surface area contributed by atoms with Crippen molar-refractivity contribution in [2.75, 3.05) is 24.2 Å². The minimum Gasteiger partial charge on any atom is -0.376 e. The maximum Gasteiger partial charge on any atom is 0.239 e. The zero-order chi connectivity index (χ0) is 16.5. The number of benzene rings is 2. The Balaban J connectivity index is 1.63. The fraction of sp³-hybridized carbons (Fsp3) is 0.222. The van der Waals surface area contributed by atoms with E-state index >= 15 is 0 Å². The fourth-order valence-corrected chi connectivity index (χ4v) is 2.67. The van der Waals surface area contributed by atoms with Crippen molar-refractivity contribution in [2.24, 2.45) is 0 Å². The summed E-state index contributed by atoms with van der Waals surface area (Å²) in [5.74, 6) is 0.796. The van der Waals surface area contributed by atoms with Crippen LogP contribution >= 0.6 is 11.8 Å². The standard InChI is InChI=1S/C18H19N3OS/c1-14-2-8-17(9-3-14)23-11-10-20-18(22)13-21-16-6-4-15(12-19)5-7-16/h2-9,21H,10-11,13H2,1H3,(H,20,22). The Morgan fingerprint density at radius 1 is 1.13 bits per heavy atom. The number of thioether (sulfide) groups is 1. The predicted octanol–water partition coefficient (Wildman–Crippen LogP) is 3.19. The van der Waals surface area contributed by atoms with Crippen LogP contribution in [-0.4, -0.2) is 24.7 Å². The number of nitrogens with zero attached hydrogens (tertiary/aromatic N) is 1. The summed E-state index contributed by atoms with van der Waals surface area (Å²) in [7, 11) is 0. The molecule has 1 amide bonds. The molecule has 0 unspecified atom stereocenters. The van der Waals surface area contributed by atoms with Crippen molar-refractivity contribution in [1.82, 2.24) is 5.32 Å². The lowest BCUT2D eigenvalue weighted by Crippen LogP contribution is -2.31. The molecular formula is C18H19N3OS. The first kappa shape index (κ1) is 16.9. The van der Waals surface area contributed by atoms with Gasteiger partial charge in [-0.05, 0) is 43.3 Å². The lowest BCUT2D eigenvalue weighted by Gasteiger charge is -2.08. The van der Waals surface area contributed by atoms with Crippen LogP contribution in [0, 0.1) is 18.3 Å². The molecule has 4 nitrogen and oxygen atoms in total. The number of carbonyl (C=O) groups is 1. The molecule has 0 fully saturated rings. The van der Waals surface area contributed by atoms with E-state index in [4.69, 9.17) is 5.26 Å². The van der Waals surface area contributed by atoms with E-state index in [0.29, 0.717) is 12.1 Å². The Kier molecular flexibility index (Phi) is 6.52. The Hall–Kier alpha value is -2.45. The van der Waals surface area contributed by atoms with E-state index in [9.17, 15) is 4.79 Å². The molecule has 0 radical (unpaired) electrons. The highest BCUT2D eigenvalue weighted by molar-refractivity contribution is 7.99. The molecule has 0 atom stereocenters. The van der Waals surface area contributed by atoms with Gasteiger partial charge in [0, 0.05) is 22.9 Å². The highest BCUT2D eigenvalue weighted by Gasteiger charge is 2.01. The van der Waals surface area contributed by atoms with Gasteiger partial charge in [0.15, 0.2) is 0 Å². The number of nitrogens with one attached hydrogen (secondary N) is 2. The molecule has 0 aliphatic rings. The maximum absolute atomic E-state index is 11.8. The average molecular weight is 325 g/mol. The monoisotopic (exact) mass is 325 g/mol. The molecule has 118 valence electrons. The summed E-state index contributed by atoms with van der Waals surface area (Å²) in [6, 6.07) is 17.4. The fourth-order valence-electron chi connectivity index (χ4n) is 1.90. The summed E-state index contributed by atoms with van der Waals surface area (Å²) in [5, 5.41) is 14.6. The Bertz CT molecular complexity index is 675. The van der Waals surface area contributed by atoms with E-state index in [2.05, 4.69) is 47.9 Å². The van der Waals surface area contributed by atoms with Gasteiger partial charge in [-0.15, -0.1) is 11.8 Å². The van der Waals surface area contributed by atoms with Crippen LogP contribution in [0.15, 0.2) is 53.4 Å². The molecule has 0 saturated carbocycles. The number of hydrogen-bond acceptors (Lipinski definition) is 4. The number of carbonyl (C=O) groups excluding carboxylic acids is 1. The number of aryl methyl sites for hydroxylation is 1.